The van der Waals surface area contributed by atoms with Crippen molar-refractivity contribution < 1.29 is 14.0 Å². The molecular formula is C20H40O3S2Si2. The van der Waals surface area contributed by atoms with Gasteiger partial charge in [-0.1, -0.05) is 34.6 Å². The fraction of sp³-hybridized carbons (Fsp3) is 0.950. The van der Waals surface area contributed by atoms with E-state index in [0.29, 0.717) is 5.78 Å². The van der Waals surface area contributed by atoms with Gasteiger partial charge >= 0.3 is 0 Å². The number of carbonyl (C=O) groups excluding carboxylic acids is 1. The van der Waals surface area contributed by atoms with Crippen molar-refractivity contribution in [2.45, 2.75) is 100 Å². The van der Waals surface area contributed by atoms with Gasteiger partial charge in [0.05, 0.1) is 4.08 Å². The van der Waals surface area contributed by atoms with Crippen molar-refractivity contribution in [1.29, 1.82) is 0 Å². The fourth-order valence-corrected chi connectivity index (χ4v) is 9.04. The number of thioether (sulfide) groups is 2. The van der Waals surface area contributed by atoms with E-state index in [1.54, 1.807) is 0 Å². The van der Waals surface area contributed by atoms with Gasteiger partial charge in [-0.05, 0) is 49.1 Å². The van der Waals surface area contributed by atoms with Crippen molar-refractivity contribution in [2.24, 2.45) is 5.92 Å². The molecule has 0 aromatic rings. The van der Waals surface area contributed by atoms with Crippen LogP contribution in [-0.4, -0.2) is 48.9 Å². The monoisotopic (exact) mass is 448 g/mol. The van der Waals surface area contributed by atoms with Gasteiger partial charge in [0, 0.05) is 23.8 Å². The van der Waals surface area contributed by atoms with Gasteiger partial charge in [-0.3, -0.25) is 4.79 Å². The number of hydrogen-bond acceptors (Lipinski definition) is 5. The van der Waals surface area contributed by atoms with Crippen LogP contribution < -0.4 is 0 Å². The first-order chi connectivity index (χ1) is 12.0. The molecule has 158 valence electrons. The normalized spacial score (nSPS) is 27.4. The highest BCUT2D eigenvalue weighted by molar-refractivity contribution is 8.21. The van der Waals surface area contributed by atoms with Gasteiger partial charge in [0.25, 0.3) is 0 Å². The van der Waals surface area contributed by atoms with Crippen molar-refractivity contribution in [2.75, 3.05) is 11.5 Å². The molecule has 0 unspecified atom stereocenters. The Morgan fingerprint density at radius 1 is 1.07 bits per heavy atom. The maximum absolute atomic E-state index is 13.5. The highest BCUT2D eigenvalue weighted by Gasteiger charge is 2.53. The van der Waals surface area contributed by atoms with Gasteiger partial charge in [0.2, 0.25) is 0 Å². The zero-order valence-electron chi connectivity index (χ0n) is 18.8. The highest BCUT2D eigenvalue weighted by Crippen LogP contribution is 2.57. The van der Waals surface area contributed by atoms with Crippen molar-refractivity contribution in [3.05, 3.63) is 0 Å². The van der Waals surface area contributed by atoms with Crippen LogP contribution in [0.3, 0.4) is 0 Å². The van der Waals surface area contributed by atoms with Crippen LogP contribution in [0.4, 0.5) is 0 Å². The smallest absolute Gasteiger partial charge is 0.193 e. The molecule has 1 saturated carbocycles. The third-order valence-electron chi connectivity index (χ3n) is 7.24. The minimum Gasteiger partial charge on any atom is -0.432 e. The van der Waals surface area contributed by atoms with Gasteiger partial charge in [-0.2, -0.15) is 0 Å². The SMILES string of the molecule is CC(C)(C[C@@H]1CC2(C[C@@H](O[Si](C)(C)C(C)(C)C)C1=O)SCCS2)[Si](C)(C)O. The number of hydrogen-bond donors (Lipinski definition) is 1. The Kier molecular flexibility index (Phi) is 6.90. The van der Waals surface area contributed by atoms with Gasteiger partial charge in [-0.25, -0.2) is 0 Å². The maximum Gasteiger partial charge on any atom is 0.193 e. The number of carbonyl (C=O) groups is 1. The van der Waals surface area contributed by atoms with E-state index in [9.17, 15) is 9.59 Å². The quantitative estimate of drug-likeness (QED) is 0.530. The lowest BCUT2D eigenvalue weighted by atomic mass is 9.80. The van der Waals surface area contributed by atoms with Gasteiger partial charge in [0.15, 0.2) is 22.4 Å². The maximum atomic E-state index is 13.5. The first-order valence-electron chi connectivity index (χ1n) is 10.2. The summed E-state index contributed by atoms with van der Waals surface area (Å²) < 4.78 is 6.81. The van der Waals surface area contributed by atoms with E-state index in [4.69, 9.17) is 4.43 Å². The van der Waals surface area contributed by atoms with E-state index in [1.165, 1.54) is 11.5 Å². The molecule has 1 saturated heterocycles. The molecule has 7 heteroatoms. The second-order valence-electron chi connectivity index (χ2n) is 11.1. The summed E-state index contributed by atoms with van der Waals surface area (Å²) in [5.74, 6) is 2.63. The topological polar surface area (TPSA) is 46.5 Å². The van der Waals surface area contributed by atoms with Crippen LogP contribution in [0, 0.1) is 5.92 Å². The van der Waals surface area contributed by atoms with Crippen LogP contribution in [0.25, 0.3) is 0 Å². The lowest BCUT2D eigenvalue weighted by molar-refractivity contribution is -0.133. The Hall–Kier alpha value is 0.724. The summed E-state index contributed by atoms with van der Waals surface area (Å²) in [6.45, 7) is 19.5. The summed E-state index contributed by atoms with van der Waals surface area (Å²) in [6.07, 6.45) is 2.29. The Balaban J connectivity index is 2.29. The van der Waals surface area contributed by atoms with Crippen LogP contribution in [0.15, 0.2) is 0 Å². The minimum absolute atomic E-state index is 0.000503. The lowest BCUT2D eigenvalue weighted by Gasteiger charge is -2.47. The zero-order valence-corrected chi connectivity index (χ0v) is 22.4. The predicted molar refractivity (Wildman–Crippen MR) is 126 cm³/mol. The highest BCUT2D eigenvalue weighted by atomic mass is 32.2. The molecule has 0 radical (unpaired) electrons. The van der Waals surface area contributed by atoms with Crippen LogP contribution in [0.5, 0.6) is 0 Å². The molecule has 3 nitrogen and oxygen atoms in total. The third kappa shape index (κ3) is 5.26. The molecule has 0 bridgehead atoms. The molecule has 2 atom stereocenters. The van der Waals surface area contributed by atoms with Crippen LogP contribution in [0.2, 0.25) is 36.3 Å². The number of Topliss-reactive ketones (excluding diaryl/α,β-unsaturated/α-hetero) is 1. The van der Waals surface area contributed by atoms with Crippen LogP contribution in [-0.2, 0) is 9.22 Å². The fourth-order valence-electron chi connectivity index (χ4n) is 3.61. The Morgan fingerprint density at radius 2 is 1.59 bits per heavy atom. The van der Waals surface area contributed by atoms with Crippen molar-refractivity contribution in [3.8, 4) is 0 Å². The summed E-state index contributed by atoms with van der Waals surface area (Å²) in [7, 11) is -4.35. The molecule has 0 aromatic heterocycles. The van der Waals surface area contributed by atoms with Gasteiger partial charge < -0.3 is 9.22 Å². The molecule has 2 fully saturated rings. The first kappa shape index (κ1) is 24.0. The van der Waals surface area contributed by atoms with Crippen LogP contribution >= 0.6 is 23.5 Å². The summed E-state index contributed by atoms with van der Waals surface area (Å²) in [4.78, 5) is 24.3. The van der Waals surface area contributed by atoms with Crippen molar-refractivity contribution in [3.63, 3.8) is 0 Å². The largest absolute Gasteiger partial charge is 0.432 e. The Morgan fingerprint density at radius 3 is 2.04 bits per heavy atom. The van der Waals surface area contributed by atoms with Crippen molar-refractivity contribution >= 4 is 45.9 Å². The molecule has 1 N–H and O–H groups in total. The average Bonchev–Trinajstić information content (AvgIpc) is 2.89. The molecule has 1 heterocycles. The average molecular weight is 449 g/mol. The second kappa shape index (κ2) is 7.76. The van der Waals surface area contributed by atoms with E-state index in [0.717, 1.165) is 19.3 Å². The zero-order chi connectivity index (χ0) is 20.9. The predicted octanol–water partition coefficient (Wildman–Crippen LogP) is 5.90. The second-order valence-corrected chi connectivity index (χ2v) is 23.6. The van der Waals surface area contributed by atoms with E-state index >= 15 is 0 Å². The number of rotatable bonds is 5. The van der Waals surface area contributed by atoms with E-state index < -0.39 is 16.6 Å². The van der Waals surface area contributed by atoms with Crippen molar-refractivity contribution in [1.82, 2.24) is 0 Å². The molecule has 1 aliphatic carbocycles. The molecule has 2 rings (SSSR count). The van der Waals surface area contributed by atoms with Gasteiger partial charge in [-0.15, -0.1) is 23.5 Å². The summed E-state index contributed by atoms with van der Waals surface area (Å²) >= 11 is 4.07. The minimum atomic E-state index is -2.35. The summed E-state index contributed by atoms with van der Waals surface area (Å²) in [6, 6.07) is 0. The van der Waals surface area contributed by atoms with E-state index in [2.05, 4.69) is 47.7 Å². The van der Waals surface area contributed by atoms with Gasteiger partial charge in [0.1, 0.15) is 6.10 Å². The molecule has 2 aliphatic rings. The number of ketones is 1. The molecule has 27 heavy (non-hydrogen) atoms. The Bertz CT molecular complexity index is 517. The van der Waals surface area contributed by atoms with E-state index in [1.807, 2.05) is 36.6 Å². The molecule has 1 spiro atoms. The standard InChI is InChI=1S/C20H40O3S2Si2/c1-18(2,3)27(8,9)23-16-14-20(24-10-11-25-20)13-15(17(16)21)12-19(4,5)26(6,7)22/h15-16,22H,10-14H2,1-9H3/t15-,16-/m1/s1. The molecular weight excluding hydrogens is 409 g/mol. The lowest BCUT2D eigenvalue weighted by Crippen LogP contribution is -2.53. The summed E-state index contributed by atoms with van der Waals surface area (Å²) in [5.41, 5.74) is 0. The third-order valence-corrected chi connectivity index (χ3v) is 18.7. The van der Waals surface area contributed by atoms with Crippen LogP contribution in [0.1, 0.15) is 53.9 Å². The summed E-state index contributed by atoms with van der Waals surface area (Å²) in [5, 5.41) is -0.0794. The molecule has 1 aliphatic heterocycles. The Labute approximate surface area is 177 Å². The first-order valence-corrected chi connectivity index (χ1v) is 18.0. The molecule has 0 amide bonds. The van der Waals surface area contributed by atoms with E-state index in [-0.39, 0.29) is 26.2 Å². The molecule has 0 aromatic carbocycles.